The number of rotatable bonds is 9. The molecule has 2 rings (SSSR count). The van der Waals surface area contributed by atoms with Crippen molar-refractivity contribution in [3.63, 3.8) is 0 Å². The van der Waals surface area contributed by atoms with Crippen molar-refractivity contribution in [2.75, 3.05) is 53.0 Å². The van der Waals surface area contributed by atoms with Gasteiger partial charge in [0.15, 0.2) is 0 Å². The fourth-order valence-corrected chi connectivity index (χ4v) is 3.12. The first kappa shape index (κ1) is 20.4. The number of hydrogen-bond donors (Lipinski definition) is 0. The van der Waals surface area contributed by atoms with Crippen LogP contribution in [0.25, 0.3) is 0 Å². The molecular weight excluding hydrogens is 332 g/mol. The number of morpholine rings is 1. The number of amides is 1. The Labute approximate surface area is 156 Å². The molecule has 144 valence electrons. The van der Waals surface area contributed by atoms with Gasteiger partial charge in [0, 0.05) is 32.7 Å². The second-order valence-corrected chi connectivity index (χ2v) is 6.73. The highest BCUT2D eigenvalue weighted by Crippen LogP contribution is 2.09. The van der Waals surface area contributed by atoms with Gasteiger partial charge in [0.1, 0.15) is 0 Å². The maximum Gasteiger partial charge on any atom is 0.310 e. The second-order valence-electron chi connectivity index (χ2n) is 6.73. The molecule has 1 unspecified atom stereocenters. The molecule has 0 N–H and O–H groups in total. The Hall–Kier alpha value is -1.92. The van der Waals surface area contributed by atoms with E-state index in [0.717, 1.165) is 44.8 Å². The smallest absolute Gasteiger partial charge is 0.310 e. The van der Waals surface area contributed by atoms with Crippen molar-refractivity contribution in [1.82, 2.24) is 9.80 Å². The van der Waals surface area contributed by atoms with Gasteiger partial charge in [-0.05, 0) is 12.0 Å². The van der Waals surface area contributed by atoms with E-state index in [-0.39, 0.29) is 17.8 Å². The van der Waals surface area contributed by atoms with E-state index >= 15 is 0 Å². The summed E-state index contributed by atoms with van der Waals surface area (Å²) in [6.45, 7) is 7.20. The maximum absolute atomic E-state index is 12.8. The summed E-state index contributed by atoms with van der Waals surface area (Å²) < 4.78 is 10.2. The van der Waals surface area contributed by atoms with Crippen LogP contribution in [-0.2, 0) is 25.5 Å². The molecule has 0 bridgehead atoms. The van der Waals surface area contributed by atoms with E-state index in [0.29, 0.717) is 19.5 Å². The van der Waals surface area contributed by atoms with Gasteiger partial charge in [0.2, 0.25) is 5.91 Å². The Kier molecular flexibility index (Phi) is 8.58. The molecule has 0 aromatic heterocycles. The summed E-state index contributed by atoms with van der Waals surface area (Å²) in [7, 11) is 1.38. The number of carbonyl (C=O) groups is 2. The van der Waals surface area contributed by atoms with E-state index in [4.69, 9.17) is 9.47 Å². The molecule has 1 fully saturated rings. The number of esters is 1. The SMILES string of the molecule is COC(=O)C(C)CN(CCCN1CCOCC1)C(=O)Cc1ccccc1. The van der Waals surface area contributed by atoms with Crippen LogP contribution in [0.1, 0.15) is 18.9 Å². The van der Waals surface area contributed by atoms with E-state index in [1.54, 1.807) is 11.8 Å². The van der Waals surface area contributed by atoms with Crippen LogP contribution < -0.4 is 0 Å². The van der Waals surface area contributed by atoms with E-state index in [1.807, 2.05) is 30.3 Å². The topological polar surface area (TPSA) is 59.1 Å². The van der Waals surface area contributed by atoms with Crippen molar-refractivity contribution >= 4 is 11.9 Å². The third-order valence-electron chi connectivity index (χ3n) is 4.65. The van der Waals surface area contributed by atoms with Crippen molar-refractivity contribution in [2.45, 2.75) is 19.8 Å². The van der Waals surface area contributed by atoms with Gasteiger partial charge in [-0.15, -0.1) is 0 Å². The van der Waals surface area contributed by atoms with Gasteiger partial charge >= 0.3 is 5.97 Å². The fourth-order valence-electron chi connectivity index (χ4n) is 3.12. The van der Waals surface area contributed by atoms with Gasteiger partial charge < -0.3 is 14.4 Å². The minimum Gasteiger partial charge on any atom is -0.469 e. The Morgan fingerprint density at radius 3 is 2.58 bits per heavy atom. The van der Waals surface area contributed by atoms with Crippen LogP contribution in [-0.4, -0.2) is 74.7 Å². The summed E-state index contributed by atoms with van der Waals surface area (Å²) in [6, 6.07) is 9.71. The van der Waals surface area contributed by atoms with E-state index in [2.05, 4.69) is 4.90 Å². The normalized spacial score (nSPS) is 16.1. The lowest BCUT2D eigenvalue weighted by Crippen LogP contribution is -2.41. The van der Waals surface area contributed by atoms with Crippen molar-refractivity contribution in [3.05, 3.63) is 35.9 Å². The molecule has 1 amide bonds. The van der Waals surface area contributed by atoms with Crippen molar-refractivity contribution in [2.24, 2.45) is 5.92 Å². The minimum absolute atomic E-state index is 0.0499. The number of nitrogens with zero attached hydrogens (tertiary/aromatic N) is 2. The van der Waals surface area contributed by atoms with Gasteiger partial charge in [-0.25, -0.2) is 0 Å². The van der Waals surface area contributed by atoms with E-state index in [1.165, 1.54) is 7.11 Å². The van der Waals surface area contributed by atoms with Crippen LogP contribution in [0.5, 0.6) is 0 Å². The molecule has 1 heterocycles. The highest BCUT2D eigenvalue weighted by atomic mass is 16.5. The quantitative estimate of drug-likeness (QED) is 0.625. The first-order valence-corrected chi connectivity index (χ1v) is 9.29. The van der Waals surface area contributed by atoms with Gasteiger partial charge in [-0.1, -0.05) is 37.3 Å². The summed E-state index contributed by atoms with van der Waals surface area (Å²) in [4.78, 5) is 28.7. The van der Waals surface area contributed by atoms with Crippen molar-refractivity contribution < 1.29 is 19.1 Å². The van der Waals surface area contributed by atoms with Crippen LogP contribution >= 0.6 is 0 Å². The van der Waals surface area contributed by atoms with E-state index < -0.39 is 0 Å². The van der Waals surface area contributed by atoms with Crippen LogP contribution in [0.4, 0.5) is 0 Å². The largest absolute Gasteiger partial charge is 0.469 e. The molecule has 1 aromatic rings. The molecule has 1 aromatic carbocycles. The molecular formula is C20H30N2O4. The highest BCUT2D eigenvalue weighted by molar-refractivity contribution is 5.80. The Balaban J connectivity index is 1.91. The fraction of sp³-hybridized carbons (Fsp3) is 0.600. The average Bonchev–Trinajstić information content (AvgIpc) is 2.68. The molecule has 1 atom stereocenters. The molecule has 0 radical (unpaired) electrons. The second kappa shape index (κ2) is 10.9. The van der Waals surface area contributed by atoms with Crippen LogP contribution in [0.2, 0.25) is 0 Å². The van der Waals surface area contributed by atoms with Gasteiger partial charge in [-0.3, -0.25) is 14.5 Å². The van der Waals surface area contributed by atoms with Gasteiger partial charge in [0.05, 0.1) is 32.7 Å². The molecule has 0 aliphatic carbocycles. The standard InChI is InChI=1S/C20H30N2O4/c1-17(20(24)25-2)16-22(10-6-9-21-11-13-26-14-12-21)19(23)15-18-7-4-3-5-8-18/h3-5,7-8,17H,6,9-16H2,1-2H3. The molecule has 26 heavy (non-hydrogen) atoms. The number of hydrogen-bond acceptors (Lipinski definition) is 5. The van der Waals surface area contributed by atoms with Crippen LogP contribution in [0.15, 0.2) is 30.3 Å². The molecule has 1 saturated heterocycles. The number of carbonyl (C=O) groups excluding carboxylic acids is 2. The predicted molar refractivity (Wildman–Crippen MR) is 99.8 cm³/mol. The minimum atomic E-state index is -0.330. The lowest BCUT2D eigenvalue weighted by atomic mass is 10.1. The Bertz CT molecular complexity index is 558. The first-order valence-electron chi connectivity index (χ1n) is 9.29. The van der Waals surface area contributed by atoms with E-state index in [9.17, 15) is 9.59 Å². The summed E-state index contributed by atoms with van der Waals surface area (Å²) in [6.07, 6.45) is 1.24. The van der Waals surface area contributed by atoms with Crippen molar-refractivity contribution in [1.29, 1.82) is 0 Å². The first-order chi connectivity index (χ1) is 12.6. The molecule has 6 heteroatoms. The van der Waals surface area contributed by atoms with Crippen LogP contribution in [0.3, 0.4) is 0 Å². The molecule has 6 nitrogen and oxygen atoms in total. The maximum atomic E-state index is 12.8. The number of benzene rings is 1. The molecule has 0 spiro atoms. The predicted octanol–water partition coefficient (Wildman–Crippen LogP) is 1.59. The molecule has 1 aliphatic heterocycles. The average molecular weight is 362 g/mol. The third kappa shape index (κ3) is 6.77. The number of methoxy groups -OCH3 is 1. The summed E-state index contributed by atoms with van der Waals surface area (Å²) >= 11 is 0. The highest BCUT2D eigenvalue weighted by Gasteiger charge is 2.22. The zero-order valence-corrected chi connectivity index (χ0v) is 15.9. The summed E-state index contributed by atoms with van der Waals surface area (Å²) in [5, 5.41) is 0. The Morgan fingerprint density at radius 2 is 1.92 bits per heavy atom. The Morgan fingerprint density at radius 1 is 1.23 bits per heavy atom. The molecule has 0 saturated carbocycles. The summed E-state index contributed by atoms with van der Waals surface area (Å²) in [5.74, 6) is -0.562. The van der Waals surface area contributed by atoms with Crippen molar-refractivity contribution in [3.8, 4) is 0 Å². The third-order valence-corrected chi connectivity index (χ3v) is 4.65. The lowest BCUT2D eigenvalue weighted by Gasteiger charge is -2.29. The number of ether oxygens (including phenoxy) is 2. The zero-order chi connectivity index (χ0) is 18.8. The lowest BCUT2D eigenvalue weighted by molar-refractivity contribution is -0.146. The van der Waals surface area contributed by atoms with Crippen LogP contribution in [0, 0.1) is 5.92 Å². The van der Waals surface area contributed by atoms with Gasteiger partial charge in [-0.2, -0.15) is 0 Å². The summed E-state index contributed by atoms with van der Waals surface area (Å²) in [5.41, 5.74) is 0.987. The molecule has 1 aliphatic rings. The zero-order valence-electron chi connectivity index (χ0n) is 15.9. The monoisotopic (exact) mass is 362 g/mol. The van der Waals surface area contributed by atoms with Gasteiger partial charge in [0.25, 0.3) is 0 Å².